The number of rotatable bonds is 6. The number of nitrogens with zero attached hydrogens (tertiary/aromatic N) is 1. The van der Waals surface area contributed by atoms with E-state index in [1.165, 1.54) is 31.4 Å². The molecule has 30 heavy (non-hydrogen) atoms. The van der Waals surface area contributed by atoms with Gasteiger partial charge in [0, 0.05) is 0 Å². The van der Waals surface area contributed by atoms with Gasteiger partial charge in [0.05, 0.1) is 28.8 Å². The lowest BCUT2D eigenvalue weighted by Gasteiger charge is -2.15. The summed E-state index contributed by atoms with van der Waals surface area (Å²) in [7, 11) is 0. The monoisotopic (exact) mass is 403 g/mol. The first-order valence-electron chi connectivity index (χ1n) is 8.94. The molecule has 0 unspecified atom stereocenters. The number of carbonyl (C=O) groups is 3. The Morgan fingerprint density at radius 1 is 0.967 bits per heavy atom. The third-order valence-corrected chi connectivity index (χ3v) is 4.10. The molecule has 0 saturated carbocycles. The Bertz CT molecular complexity index is 1120. The molecule has 0 bridgehead atoms. The van der Waals surface area contributed by atoms with Gasteiger partial charge in [0.15, 0.2) is 11.9 Å². The second-order valence-corrected chi connectivity index (χ2v) is 6.17. The molecule has 0 spiro atoms. The van der Waals surface area contributed by atoms with E-state index in [2.05, 4.69) is 10.6 Å². The summed E-state index contributed by atoms with van der Waals surface area (Å²) in [6, 6.07) is 17.8. The molecule has 2 aromatic carbocycles. The molecule has 3 aromatic rings. The zero-order chi connectivity index (χ0) is 21.5. The van der Waals surface area contributed by atoms with Gasteiger partial charge >= 0.3 is 5.97 Å². The summed E-state index contributed by atoms with van der Waals surface area (Å²) >= 11 is 0. The molecule has 1 atom stereocenters. The fourth-order valence-electron chi connectivity index (χ4n) is 2.56. The van der Waals surface area contributed by atoms with Crippen LogP contribution in [-0.4, -0.2) is 23.9 Å². The highest BCUT2D eigenvalue weighted by Gasteiger charge is 2.22. The van der Waals surface area contributed by atoms with Crippen LogP contribution < -0.4 is 10.6 Å². The molecule has 0 saturated heterocycles. The van der Waals surface area contributed by atoms with Gasteiger partial charge in [-0.25, -0.2) is 4.79 Å². The molecule has 8 heteroatoms. The maximum Gasteiger partial charge on any atom is 0.341 e. The predicted molar refractivity (Wildman–Crippen MR) is 108 cm³/mol. The Morgan fingerprint density at radius 2 is 1.67 bits per heavy atom. The number of amides is 2. The molecular formula is C22H17N3O5. The first kappa shape index (κ1) is 20.4. The Hall–Kier alpha value is -4.38. The third kappa shape index (κ3) is 4.72. The molecule has 2 N–H and O–H groups in total. The number of esters is 1. The van der Waals surface area contributed by atoms with Crippen molar-refractivity contribution in [1.29, 1.82) is 5.26 Å². The van der Waals surface area contributed by atoms with Crippen molar-refractivity contribution in [3.8, 4) is 6.07 Å². The van der Waals surface area contributed by atoms with Crippen molar-refractivity contribution < 1.29 is 23.5 Å². The van der Waals surface area contributed by atoms with Crippen LogP contribution in [0.2, 0.25) is 0 Å². The van der Waals surface area contributed by atoms with Crippen molar-refractivity contribution in [3.63, 3.8) is 0 Å². The van der Waals surface area contributed by atoms with Gasteiger partial charge in [0.2, 0.25) is 0 Å². The summed E-state index contributed by atoms with van der Waals surface area (Å²) in [5, 5.41) is 14.3. The van der Waals surface area contributed by atoms with Crippen LogP contribution in [0.15, 0.2) is 71.3 Å². The summed E-state index contributed by atoms with van der Waals surface area (Å²) in [5.74, 6) is -1.83. The van der Waals surface area contributed by atoms with Crippen LogP contribution in [0.4, 0.5) is 11.4 Å². The van der Waals surface area contributed by atoms with Crippen molar-refractivity contribution in [3.05, 3.63) is 83.8 Å². The van der Waals surface area contributed by atoms with Crippen LogP contribution in [0.3, 0.4) is 0 Å². The first-order valence-corrected chi connectivity index (χ1v) is 8.94. The van der Waals surface area contributed by atoms with Crippen LogP contribution >= 0.6 is 0 Å². The number of carbonyl (C=O) groups excluding carboxylic acids is 3. The normalized spacial score (nSPS) is 11.1. The van der Waals surface area contributed by atoms with E-state index < -0.39 is 23.9 Å². The Labute approximate surface area is 172 Å². The summed E-state index contributed by atoms with van der Waals surface area (Å²) < 4.78 is 10.3. The van der Waals surface area contributed by atoms with Crippen molar-refractivity contribution >= 4 is 29.2 Å². The van der Waals surface area contributed by atoms with Gasteiger partial charge in [-0.15, -0.1) is 0 Å². The molecule has 0 aliphatic rings. The van der Waals surface area contributed by atoms with E-state index in [0.717, 1.165) is 0 Å². The number of hydrogen-bond acceptors (Lipinski definition) is 6. The SMILES string of the molecule is C[C@H](OC(=O)c1ccccc1NC(=O)c1ccco1)C(=O)Nc1ccccc1C#N. The van der Waals surface area contributed by atoms with Crippen LogP contribution in [0.25, 0.3) is 0 Å². The Balaban J connectivity index is 1.69. The maximum atomic E-state index is 12.6. The number of hydrogen-bond donors (Lipinski definition) is 2. The molecule has 8 nitrogen and oxygen atoms in total. The summed E-state index contributed by atoms with van der Waals surface area (Å²) in [6.07, 6.45) is 0.220. The van der Waals surface area contributed by atoms with Crippen molar-refractivity contribution in [2.24, 2.45) is 0 Å². The third-order valence-electron chi connectivity index (χ3n) is 4.10. The average molecular weight is 403 g/mol. The lowest BCUT2D eigenvalue weighted by molar-refractivity contribution is -0.123. The summed E-state index contributed by atoms with van der Waals surface area (Å²) in [6.45, 7) is 1.41. The molecule has 0 radical (unpaired) electrons. The minimum atomic E-state index is -1.14. The van der Waals surface area contributed by atoms with Crippen LogP contribution in [0.1, 0.15) is 33.4 Å². The van der Waals surface area contributed by atoms with Gasteiger partial charge in [-0.05, 0) is 43.3 Å². The second-order valence-electron chi connectivity index (χ2n) is 6.17. The number of nitriles is 1. The number of benzene rings is 2. The highest BCUT2D eigenvalue weighted by molar-refractivity contribution is 6.07. The maximum absolute atomic E-state index is 12.6. The highest BCUT2D eigenvalue weighted by atomic mass is 16.5. The largest absolute Gasteiger partial charge is 0.459 e. The zero-order valence-corrected chi connectivity index (χ0v) is 15.9. The molecule has 3 rings (SSSR count). The highest BCUT2D eigenvalue weighted by Crippen LogP contribution is 2.19. The fourth-order valence-corrected chi connectivity index (χ4v) is 2.56. The van der Waals surface area contributed by atoms with Gasteiger partial charge < -0.3 is 19.8 Å². The molecule has 0 aliphatic carbocycles. The molecule has 1 aromatic heterocycles. The van der Waals surface area contributed by atoms with Crippen LogP contribution in [-0.2, 0) is 9.53 Å². The zero-order valence-electron chi connectivity index (χ0n) is 15.9. The van der Waals surface area contributed by atoms with Crippen molar-refractivity contribution in [1.82, 2.24) is 0 Å². The lowest BCUT2D eigenvalue weighted by Crippen LogP contribution is -2.30. The number of para-hydroxylation sites is 2. The smallest absolute Gasteiger partial charge is 0.341 e. The van der Waals surface area contributed by atoms with Crippen LogP contribution in [0.5, 0.6) is 0 Å². The summed E-state index contributed by atoms with van der Waals surface area (Å²) in [5.41, 5.74) is 0.898. The number of furan rings is 1. The average Bonchev–Trinajstić information content (AvgIpc) is 3.29. The van der Waals surface area contributed by atoms with Crippen molar-refractivity contribution in [2.75, 3.05) is 10.6 Å². The predicted octanol–water partition coefficient (Wildman–Crippen LogP) is 3.59. The fraction of sp³-hybridized carbons (Fsp3) is 0.0909. The minimum absolute atomic E-state index is 0.0782. The standard InChI is InChI=1S/C22H17N3O5/c1-14(20(26)24-17-9-4-2-7-15(17)13-23)30-22(28)16-8-3-5-10-18(16)25-21(27)19-11-6-12-29-19/h2-12,14H,1H3,(H,24,26)(H,25,27)/t14-/m0/s1. The van der Waals surface area contributed by atoms with Gasteiger partial charge in [-0.2, -0.15) is 5.26 Å². The van der Waals surface area contributed by atoms with E-state index in [9.17, 15) is 14.4 Å². The number of ether oxygens (including phenoxy) is 1. The molecule has 2 amide bonds. The van der Waals surface area contributed by atoms with E-state index >= 15 is 0 Å². The van der Waals surface area contributed by atoms with E-state index in [0.29, 0.717) is 5.69 Å². The van der Waals surface area contributed by atoms with Gasteiger partial charge in [0.25, 0.3) is 11.8 Å². The second kappa shape index (κ2) is 9.21. The molecule has 150 valence electrons. The quantitative estimate of drug-likeness (QED) is 0.607. The molecule has 1 heterocycles. The Morgan fingerprint density at radius 3 is 2.37 bits per heavy atom. The molecular weight excluding hydrogens is 386 g/mol. The molecule has 0 aliphatic heterocycles. The Kier molecular flexibility index (Phi) is 6.25. The lowest BCUT2D eigenvalue weighted by atomic mass is 10.1. The van der Waals surface area contributed by atoms with Gasteiger partial charge in [-0.3, -0.25) is 9.59 Å². The van der Waals surface area contributed by atoms with Crippen LogP contribution in [0, 0.1) is 11.3 Å². The number of nitrogens with one attached hydrogen (secondary N) is 2. The van der Waals surface area contributed by atoms with Crippen molar-refractivity contribution in [2.45, 2.75) is 13.0 Å². The van der Waals surface area contributed by atoms with Gasteiger partial charge in [0.1, 0.15) is 6.07 Å². The van der Waals surface area contributed by atoms with E-state index in [-0.39, 0.29) is 22.6 Å². The first-order chi connectivity index (χ1) is 14.5. The molecule has 0 fully saturated rings. The number of anilines is 2. The van der Waals surface area contributed by atoms with Gasteiger partial charge in [-0.1, -0.05) is 24.3 Å². The summed E-state index contributed by atoms with van der Waals surface area (Å²) in [4.78, 5) is 37.2. The minimum Gasteiger partial charge on any atom is -0.459 e. The van der Waals surface area contributed by atoms with E-state index in [1.54, 1.807) is 42.5 Å². The topological polar surface area (TPSA) is 121 Å². The van der Waals surface area contributed by atoms with E-state index in [4.69, 9.17) is 14.4 Å². The van der Waals surface area contributed by atoms with E-state index in [1.807, 2.05) is 6.07 Å².